The molecule has 0 aromatic heterocycles. The first-order valence-electron chi connectivity index (χ1n) is 5.60. The summed E-state index contributed by atoms with van der Waals surface area (Å²) in [6.07, 6.45) is -0.0599. The zero-order valence-electron chi connectivity index (χ0n) is 10.1. The molecule has 1 aromatic carbocycles. The van der Waals surface area contributed by atoms with Gasteiger partial charge >= 0.3 is 5.97 Å². The molecule has 0 saturated carbocycles. The van der Waals surface area contributed by atoms with E-state index in [1.807, 2.05) is 18.2 Å². The number of hydrogen-bond acceptors (Lipinski definition) is 2. The second kappa shape index (κ2) is 6.03. The van der Waals surface area contributed by atoms with Gasteiger partial charge in [0.15, 0.2) is 0 Å². The van der Waals surface area contributed by atoms with Crippen molar-refractivity contribution in [1.82, 2.24) is 5.32 Å². The predicted octanol–water partition coefficient (Wildman–Crippen LogP) is 2.01. The first-order valence-corrected chi connectivity index (χ1v) is 5.60. The molecule has 0 fully saturated rings. The molecule has 0 saturated heterocycles. The fourth-order valence-corrected chi connectivity index (χ4v) is 1.42. The van der Waals surface area contributed by atoms with Crippen molar-refractivity contribution in [2.75, 3.05) is 6.54 Å². The fraction of sp³-hybridized carbons (Fsp3) is 0.385. The first kappa shape index (κ1) is 13.2. The smallest absolute Gasteiger partial charge is 0.305 e. The Balaban J connectivity index is 2.62. The number of carboxylic acids is 1. The summed E-state index contributed by atoms with van der Waals surface area (Å²) in [6.45, 7) is 4.27. The minimum absolute atomic E-state index is 0.0599. The number of amides is 1. The van der Waals surface area contributed by atoms with E-state index in [4.69, 9.17) is 5.11 Å². The topological polar surface area (TPSA) is 66.4 Å². The summed E-state index contributed by atoms with van der Waals surface area (Å²) < 4.78 is 0. The van der Waals surface area contributed by atoms with Crippen LogP contribution in [-0.2, 0) is 4.79 Å². The van der Waals surface area contributed by atoms with Crippen molar-refractivity contribution in [3.8, 4) is 0 Å². The minimum atomic E-state index is -0.916. The molecule has 0 spiro atoms. The van der Waals surface area contributed by atoms with Crippen LogP contribution < -0.4 is 5.32 Å². The molecule has 4 heteroatoms. The molecule has 0 unspecified atom stereocenters. The van der Waals surface area contributed by atoms with Crippen LogP contribution in [-0.4, -0.2) is 23.5 Å². The van der Waals surface area contributed by atoms with Crippen LogP contribution in [0.5, 0.6) is 0 Å². The summed E-state index contributed by atoms with van der Waals surface area (Å²) in [5.41, 5.74) is 1.66. The van der Waals surface area contributed by atoms with Gasteiger partial charge in [-0.05, 0) is 23.6 Å². The molecule has 0 aliphatic carbocycles. The maximum atomic E-state index is 11.7. The Morgan fingerprint density at radius 2 is 2.06 bits per heavy atom. The van der Waals surface area contributed by atoms with Gasteiger partial charge in [0.1, 0.15) is 0 Å². The van der Waals surface area contributed by atoms with Crippen LogP contribution in [0.3, 0.4) is 0 Å². The quantitative estimate of drug-likeness (QED) is 0.820. The third kappa shape index (κ3) is 4.26. The Morgan fingerprint density at radius 1 is 1.35 bits per heavy atom. The average molecular weight is 235 g/mol. The van der Waals surface area contributed by atoms with Gasteiger partial charge in [-0.3, -0.25) is 9.59 Å². The summed E-state index contributed by atoms with van der Waals surface area (Å²) in [4.78, 5) is 22.0. The molecule has 0 heterocycles. The molecule has 2 N–H and O–H groups in total. The van der Waals surface area contributed by atoms with Gasteiger partial charge in [0.25, 0.3) is 5.91 Å². The molecule has 1 rings (SSSR count). The Hall–Kier alpha value is -1.84. The number of nitrogens with one attached hydrogen (secondary N) is 1. The predicted molar refractivity (Wildman–Crippen MR) is 65.1 cm³/mol. The summed E-state index contributed by atoms with van der Waals surface area (Å²) in [7, 11) is 0. The number of aliphatic carboxylic acids is 1. The molecule has 4 nitrogen and oxygen atoms in total. The number of carbonyl (C=O) groups excluding carboxylic acids is 1. The van der Waals surface area contributed by atoms with E-state index in [0.717, 1.165) is 5.56 Å². The molecule has 0 bridgehead atoms. The van der Waals surface area contributed by atoms with Gasteiger partial charge < -0.3 is 10.4 Å². The molecule has 1 aromatic rings. The van der Waals surface area contributed by atoms with Gasteiger partial charge in [0, 0.05) is 12.1 Å². The number of hydrogen-bond donors (Lipinski definition) is 2. The van der Waals surface area contributed by atoms with E-state index in [-0.39, 0.29) is 18.9 Å². The van der Waals surface area contributed by atoms with E-state index in [2.05, 4.69) is 19.2 Å². The van der Waals surface area contributed by atoms with Crippen LogP contribution in [0.25, 0.3) is 0 Å². The van der Waals surface area contributed by atoms with Crippen molar-refractivity contribution < 1.29 is 14.7 Å². The summed E-state index contributed by atoms with van der Waals surface area (Å²) >= 11 is 0. The summed E-state index contributed by atoms with van der Waals surface area (Å²) in [5.74, 6) is -0.781. The third-order valence-electron chi connectivity index (χ3n) is 2.44. The van der Waals surface area contributed by atoms with E-state index in [1.54, 1.807) is 6.07 Å². The van der Waals surface area contributed by atoms with Gasteiger partial charge in [-0.1, -0.05) is 26.0 Å². The highest BCUT2D eigenvalue weighted by molar-refractivity contribution is 5.94. The van der Waals surface area contributed by atoms with Crippen LogP contribution in [0.2, 0.25) is 0 Å². The highest BCUT2D eigenvalue weighted by Crippen LogP contribution is 2.15. The van der Waals surface area contributed by atoms with Gasteiger partial charge in [-0.2, -0.15) is 0 Å². The fourth-order valence-electron chi connectivity index (χ4n) is 1.42. The summed E-state index contributed by atoms with van der Waals surface area (Å²) in [6, 6.07) is 7.36. The summed E-state index contributed by atoms with van der Waals surface area (Å²) in [5, 5.41) is 11.0. The van der Waals surface area contributed by atoms with Crippen molar-refractivity contribution in [3.63, 3.8) is 0 Å². The molecule has 0 aliphatic rings. The average Bonchev–Trinajstić information content (AvgIpc) is 2.28. The van der Waals surface area contributed by atoms with Crippen LogP contribution in [0.1, 0.15) is 42.1 Å². The third-order valence-corrected chi connectivity index (χ3v) is 2.44. The van der Waals surface area contributed by atoms with Crippen LogP contribution in [0.15, 0.2) is 24.3 Å². The second-order valence-electron chi connectivity index (χ2n) is 4.18. The molecule has 0 radical (unpaired) electrons. The number of carboxylic acid groups (broad SMARTS) is 1. The molecule has 0 atom stereocenters. The zero-order valence-corrected chi connectivity index (χ0v) is 10.1. The van der Waals surface area contributed by atoms with Crippen molar-refractivity contribution in [2.24, 2.45) is 0 Å². The van der Waals surface area contributed by atoms with E-state index in [9.17, 15) is 9.59 Å². The first-order chi connectivity index (χ1) is 8.00. The maximum Gasteiger partial charge on any atom is 0.305 e. The highest BCUT2D eigenvalue weighted by atomic mass is 16.4. The Morgan fingerprint density at radius 3 is 2.65 bits per heavy atom. The number of carbonyl (C=O) groups is 2. The van der Waals surface area contributed by atoms with Gasteiger partial charge in [0.2, 0.25) is 0 Å². The van der Waals surface area contributed by atoms with Crippen LogP contribution in [0.4, 0.5) is 0 Å². The lowest BCUT2D eigenvalue weighted by Crippen LogP contribution is -2.26. The Kier molecular flexibility index (Phi) is 4.69. The standard InChI is InChI=1S/C13H17NO3/c1-9(2)10-4-3-5-11(8-10)13(17)14-7-6-12(15)16/h3-5,8-9H,6-7H2,1-2H3,(H,14,17)(H,15,16). The van der Waals surface area contributed by atoms with Crippen molar-refractivity contribution in [3.05, 3.63) is 35.4 Å². The van der Waals surface area contributed by atoms with E-state index < -0.39 is 5.97 Å². The molecule has 0 aliphatic heterocycles. The zero-order chi connectivity index (χ0) is 12.8. The molecular weight excluding hydrogens is 218 g/mol. The van der Waals surface area contributed by atoms with Crippen LogP contribution in [0, 0.1) is 0 Å². The maximum absolute atomic E-state index is 11.7. The second-order valence-corrected chi connectivity index (χ2v) is 4.18. The highest BCUT2D eigenvalue weighted by Gasteiger charge is 2.07. The molecular formula is C13H17NO3. The number of rotatable bonds is 5. The SMILES string of the molecule is CC(C)c1cccc(C(=O)NCCC(=O)O)c1. The van der Waals surface area contributed by atoms with Crippen LogP contribution >= 0.6 is 0 Å². The lowest BCUT2D eigenvalue weighted by atomic mass is 10.0. The normalized spacial score (nSPS) is 10.3. The lowest BCUT2D eigenvalue weighted by Gasteiger charge is -2.08. The monoisotopic (exact) mass is 235 g/mol. The van der Waals surface area contributed by atoms with E-state index in [1.165, 1.54) is 0 Å². The molecule has 1 amide bonds. The molecule has 17 heavy (non-hydrogen) atoms. The van der Waals surface area contributed by atoms with Gasteiger partial charge in [-0.25, -0.2) is 0 Å². The molecule has 92 valence electrons. The van der Waals surface area contributed by atoms with Crippen molar-refractivity contribution >= 4 is 11.9 Å². The van der Waals surface area contributed by atoms with E-state index >= 15 is 0 Å². The Labute approximate surface area is 101 Å². The van der Waals surface area contributed by atoms with Gasteiger partial charge in [0.05, 0.1) is 6.42 Å². The van der Waals surface area contributed by atoms with E-state index in [0.29, 0.717) is 11.5 Å². The Bertz CT molecular complexity index is 413. The largest absolute Gasteiger partial charge is 0.481 e. The van der Waals surface area contributed by atoms with Crippen molar-refractivity contribution in [1.29, 1.82) is 0 Å². The minimum Gasteiger partial charge on any atom is -0.481 e. The van der Waals surface area contributed by atoms with Gasteiger partial charge in [-0.15, -0.1) is 0 Å². The van der Waals surface area contributed by atoms with Crippen molar-refractivity contribution in [2.45, 2.75) is 26.2 Å². The lowest BCUT2D eigenvalue weighted by molar-refractivity contribution is -0.136. The number of benzene rings is 1.